The molecule has 0 spiro atoms. The third-order valence-corrected chi connectivity index (χ3v) is 7.53. The molecule has 1 N–H and O–H groups in total. The smallest absolute Gasteiger partial charge is 0.323 e. The molecule has 0 saturated carbocycles. The topological polar surface area (TPSA) is 93.1 Å². The molecule has 37 heavy (non-hydrogen) atoms. The second-order valence-electron chi connectivity index (χ2n) is 11.6. The van der Waals surface area contributed by atoms with Crippen molar-refractivity contribution < 1.29 is 29.0 Å². The Labute approximate surface area is 222 Å². The summed E-state index contributed by atoms with van der Waals surface area (Å²) < 4.78 is 11.3. The molecule has 1 aliphatic heterocycles. The highest BCUT2D eigenvalue weighted by molar-refractivity contribution is 6.32. The Kier molecular flexibility index (Phi) is 7.06. The number of hydrogen-bond donors (Lipinski definition) is 1. The normalized spacial score (nSPS) is 21.0. The molecule has 4 rings (SSSR count). The third kappa shape index (κ3) is 5.06. The Morgan fingerprint density at radius 2 is 1.62 bits per heavy atom. The first kappa shape index (κ1) is 27.0. The zero-order chi connectivity index (χ0) is 27.3. The van der Waals surface area contributed by atoms with Crippen LogP contribution in [0.4, 0.5) is 0 Å². The Morgan fingerprint density at radius 3 is 2.08 bits per heavy atom. The van der Waals surface area contributed by atoms with Crippen molar-refractivity contribution in [3.63, 3.8) is 0 Å². The Morgan fingerprint density at radius 1 is 1.08 bits per heavy atom. The quantitative estimate of drug-likeness (QED) is 0.456. The molecular formula is C29H34ClNO6. The van der Waals surface area contributed by atoms with Crippen molar-refractivity contribution in [3.8, 4) is 11.5 Å². The number of ketones is 2. The summed E-state index contributed by atoms with van der Waals surface area (Å²) in [6.45, 7) is 11.6. The van der Waals surface area contributed by atoms with Gasteiger partial charge in [-0.2, -0.15) is 0 Å². The van der Waals surface area contributed by atoms with E-state index in [9.17, 15) is 19.5 Å². The number of Topliss-reactive ketones (excluding diaryl/α,β-unsaturated/α-hetero) is 2. The maximum Gasteiger partial charge on any atom is 0.323 e. The molecule has 0 atom stereocenters. The highest BCUT2D eigenvalue weighted by Crippen LogP contribution is 2.55. The number of carbonyl (C=O) groups excluding carboxylic acids is 2. The van der Waals surface area contributed by atoms with Gasteiger partial charge >= 0.3 is 5.97 Å². The van der Waals surface area contributed by atoms with Crippen LogP contribution in [-0.2, 0) is 14.4 Å². The molecule has 1 aromatic carbocycles. The van der Waals surface area contributed by atoms with Crippen LogP contribution in [0.25, 0.3) is 0 Å². The van der Waals surface area contributed by atoms with E-state index in [2.05, 4.69) is 6.58 Å². The number of hydrogen-bond acceptors (Lipinski definition) is 6. The lowest BCUT2D eigenvalue weighted by molar-refractivity contribution is -0.138. The lowest BCUT2D eigenvalue weighted by Gasteiger charge is -2.48. The molecule has 8 heteroatoms. The maximum absolute atomic E-state index is 13.7. The predicted molar refractivity (Wildman–Crippen MR) is 141 cm³/mol. The Bertz CT molecular complexity index is 1200. The van der Waals surface area contributed by atoms with E-state index in [1.165, 1.54) is 7.11 Å². The van der Waals surface area contributed by atoms with Crippen molar-refractivity contribution >= 4 is 29.1 Å². The number of carboxylic acid groups (broad SMARTS) is 1. The molecule has 0 radical (unpaired) electrons. The summed E-state index contributed by atoms with van der Waals surface area (Å²) in [6.07, 6.45) is 3.25. The first-order valence-electron chi connectivity index (χ1n) is 12.4. The maximum atomic E-state index is 13.7. The average Bonchev–Trinajstić information content (AvgIpc) is 2.77. The van der Waals surface area contributed by atoms with Crippen molar-refractivity contribution in [3.05, 3.63) is 57.9 Å². The van der Waals surface area contributed by atoms with Gasteiger partial charge < -0.3 is 19.5 Å². The van der Waals surface area contributed by atoms with Gasteiger partial charge in [0.05, 0.1) is 12.1 Å². The zero-order valence-electron chi connectivity index (χ0n) is 22.1. The minimum atomic E-state index is -1.02. The van der Waals surface area contributed by atoms with Gasteiger partial charge in [-0.15, -0.1) is 0 Å². The summed E-state index contributed by atoms with van der Waals surface area (Å²) in [5.74, 6) is -1.12. The van der Waals surface area contributed by atoms with E-state index in [4.69, 9.17) is 21.1 Å². The molecule has 3 aliphatic rings. The molecule has 198 valence electrons. The summed E-state index contributed by atoms with van der Waals surface area (Å²) >= 11 is 6.65. The largest absolute Gasteiger partial charge is 0.493 e. The van der Waals surface area contributed by atoms with Crippen molar-refractivity contribution in [1.82, 2.24) is 4.90 Å². The molecule has 7 nitrogen and oxygen atoms in total. The fourth-order valence-electron chi connectivity index (χ4n) is 5.90. The second kappa shape index (κ2) is 9.67. The van der Waals surface area contributed by atoms with E-state index in [-0.39, 0.29) is 35.5 Å². The molecule has 1 heterocycles. The van der Waals surface area contributed by atoms with Crippen LogP contribution in [0.15, 0.2) is 47.3 Å². The van der Waals surface area contributed by atoms with Crippen LogP contribution < -0.4 is 9.47 Å². The van der Waals surface area contributed by atoms with Gasteiger partial charge in [0.25, 0.3) is 0 Å². The minimum absolute atomic E-state index is 0.0853. The van der Waals surface area contributed by atoms with Crippen LogP contribution in [0.1, 0.15) is 64.9 Å². The first-order chi connectivity index (χ1) is 17.3. The molecule has 0 amide bonds. The van der Waals surface area contributed by atoms with Crippen LogP contribution >= 0.6 is 11.6 Å². The number of rotatable bonds is 7. The van der Waals surface area contributed by atoms with E-state index >= 15 is 0 Å². The Hall–Kier alpha value is -3.06. The number of carboxylic acids is 1. The summed E-state index contributed by atoms with van der Waals surface area (Å²) in [5.41, 5.74) is 2.27. The van der Waals surface area contributed by atoms with Gasteiger partial charge in [0.1, 0.15) is 13.2 Å². The van der Waals surface area contributed by atoms with Gasteiger partial charge in [0.15, 0.2) is 23.1 Å². The van der Waals surface area contributed by atoms with Crippen molar-refractivity contribution in [2.75, 3.05) is 20.3 Å². The summed E-state index contributed by atoms with van der Waals surface area (Å²) in [5, 5.41) is 10.1. The van der Waals surface area contributed by atoms with Crippen LogP contribution in [-0.4, -0.2) is 47.8 Å². The van der Waals surface area contributed by atoms with Gasteiger partial charge in [-0.05, 0) is 41.4 Å². The lowest BCUT2D eigenvalue weighted by Crippen LogP contribution is -2.45. The van der Waals surface area contributed by atoms with Gasteiger partial charge in [0, 0.05) is 41.3 Å². The predicted octanol–water partition coefficient (Wildman–Crippen LogP) is 5.68. The second-order valence-corrected chi connectivity index (χ2v) is 12.1. The van der Waals surface area contributed by atoms with E-state index in [1.807, 2.05) is 27.7 Å². The molecule has 0 fully saturated rings. The molecule has 0 aromatic heterocycles. The van der Waals surface area contributed by atoms with Gasteiger partial charge in [-0.25, -0.2) is 0 Å². The number of carbonyl (C=O) groups is 3. The number of methoxy groups -OCH3 is 1. The molecule has 1 aromatic rings. The number of ether oxygens (including phenoxy) is 2. The van der Waals surface area contributed by atoms with Crippen molar-refractivity contribution in [2.24, 2.45) is 10.8 Å². The van der Waals surface area contributed by atoms with Crippen LogP contribution in [0.3, 0.4) is 0 Å². The monoisotopic (exact) mass is 527 g/mol. The van der Waals surface area contributed by atoms with Crippen molar-refractivity contribution in [1.29, 1.82) is 0 Å². The third-order valence-electron chi connectivity index (χ3n) is 7.25. The standard InChI is InChI=1S/C29H34ClNO6/c1-7-8-37-27-17(30)9-16(10-22(27)36-6)24-25-18(11-28(2,3)13-20(25)32)31(15-23(34)35)19-12-29(4,5)14-21(33)26(19)24/h7,9-10,24H,1,8,11-15H2,2-6H3,(H,34,35). The minimum Gasteiger partial charge on any atom is -0.493 e. The summed E-state index contributed by atoms with van der Waals surface area (Å²) in [6, 6.07) is 3.48. The van der Waals surface area contributed by atoms with Gasteiger partial charge in [0.2, 0.25) is 0 Å². The number of nitrogens with zero attached hydrogens (tertiary/aromatic N) is 1. The molecule has 0 saturated heterocycles. The summed E-state index contributed by atoms with van der Waals surface area (Å²) in [7, 11) is 1.50. The molecule has 0 unspecified atom stereocenters. The summed E-state index contributed by atoms with van der Waals surface area (Å²) in [4.78, 5) is 41.2. The fourth-order valence-corrected chi connectivity index (χ4v) is 6.17. The molecule has 0 bridgehead atoms. The number of allylic oxidation sites excluding steroid dienone is 4. The molecule has 2 aliphatic carbocycles. The van der Waals surface area contributed by atoms with Gasteiger partial charge in [-0.3, -0.25) is 14.4 Å². The average molecular weight is 528 g/mol. The molecular weight excluding hydrogens is 494 g/mol. The van der Waals surface area contributed by atoms with Crippen LogP contribution in [0.5, 0.6) is 11.5 Å². The number of halogens is 1. The first-order valence-corrected chi connectivity index (χ1v) is 12.8. The Balaban J connectivity index is 2.01. The van der Waals surface area contributed by atoms with Crippen molar-refractivity contribution in [2.45, 2.75) is 59.3 Å². The van der Waals surface area contributed by atoms with E-state index in [0.29, 0.717) is 70.3 Å². The van der Waals surface area contributed by atoms with E-state index in [0.717, 1.165) is 0 Å². The fraction of sp³-hybridized carbons (Fsp3) is 0.483. The van der Waals surface area contributed by atoms with Gasteiger partial charge in [-0.1, -0.05) is 52.0 Å². The van der Waals surface area contributed by atoms with Crippen LogP contribution in [0.2, 0.25) is 5.02 Å². The van der Waals surface area contributed by atoms with E-state index in [1.54, 1.807) is 23.1 Å². The van der Waals surface area contributed by atoms with E-state index < -0.39 is 11.9 Å². The number of benzene rings is 1. The highest BCUT2D eigenvalue weighted by atomic mass is 35.5. The SMILES string of the molecule is C=CCOc1c(Cl)cc(C2C3=C(CC(C)(C)CC3=O)N(CC(=O)O)C3=C2C(=O)CC(C)(C)C3)cc1OC. The lowest BCUT2D eigenvalue weighted by atomic mass is 9.63. The van der Waals surface area contributed by atoms with Crippen LogP contribution in [0, 0.1) is 10.8 Å². The highest BCUT2D eigenvalue weighted by Gasteiger charge is 2.49. The number of aliphatic carboxylic acids is 1. The zero-order valence-corrected chi connectivity index (χ0v) is 22.8.